The van der Waals surface area contributed by atoms with Gasteiger partial charge in [-0.2, -0.15) is 0 Å². The Kier molecular flexibility index (Phi) is 8.38. The average Bonchev–Trinajstić information content (AvgIpc) is 2.79. The second-order valence-electron chi connectivity index (χ2n) is 6.05. The summed E-state index contributed by atoms with van der Waals surface area (Å²) in [5.74, 6) is 3.51. The van der Waals surface area contributed by atoms with E-state index in [1.54, 1.807) is 12.1 Å². The summed E-state index contributed by atoms with van der Waals surface area (Å²) in [5, 5.41) is 25.1. The van der Waals surface area contributed by atoms with Crippen molar-refractivity contribution in [2.24, 2.45) is 0 Å². The number of benzene rings is 2. The number of aliphatic hydroxyl groups is 1. The number of rotatable bonds is 7. The SMILES string of the molecule is CNC(=O)C(NC(=O)c1ccc(C#Cc2ccc(NCCO)cc2)cc1)C(=O)NO. The van der Waals surface area contributed by atoms with Gasteiger partial charge in [-0.15, -0.1) is 0 Å². The zero-order valence-electron chi connectivity index (χ0n) is 16.2. The molecular weight excluding hydrogens is 388 g/mol. The van der Waals surface area contributed by atoms with Crippen LogP contribution in [0.15, 0.2) is 48.5 Å². The molecule has 156 valence electrons. The molecule has 0 aliphatic heterocycles. The van der Waals surface area contributed by atoms with Crippen LogP contribution in [0.1, 0.15) is 21.5 Å². The van der Waals surface area contributed by atoms with E-state index in [-0.39, 0.29) is 12.2 Å². The molecule has 0 saturated carbocycles. The Balaban J connectivity index is 2.04. The zero-order chi connectivity index (χ0) is 21.9. The predicted molar refractivity (Wildman–Crippen MR) is 110 cm³/mol. The first-order valence-electron chi connectivity index (χ1n) is 9.01. The number of aliphatic hydroxyl groups excluding tert-OH is 1. The first kappa shape index (κ1) is 22.4. The van der Waals surface area contributed by atoms with Crippen LogP contribution in [0.5, 0.6) is 0 Å². The highest BCUT2D eigenvalue weighted by atomic mass is 16.5. The fourth-order valence-electron chi connectivity index (χ4n) is 2.39. The van der Waals surface area contributed by atoms with Gasteiger partial charge in [-0.1, -0.05) is 11.8 Å². The van der Waals surface area contributed by atoms with E-state index in [9.17, 15) is 14.4 Å². The van der Waals surface area contributed by atoms with Crippen molar-refractivity contribution in [3.63, 3.8) is 0 Å². The fourth-order valence-corrected chi connectivity index (χ4v) is 2.39. The van der Waals surface area contributed by atoms with Crippen molar-refractivity contribution in [1.82, 2.24) is 16.1 Å². The van der Waals surface area contributed by atoms with Crippen molar-refractivity contribution in [2.45, 2.75) is 6.04 Å². The summed E-state index contributed by atoms with van der Waals surface area (Å²) < 4.78 is 0. The van der Waals surface area contributed by atoms with Gasteiger partial charge in [0.15, 0.2) is 6.04 Å². The molecule has 6 N–H and O–H groups in total. The predicted octanol–water partition coefficient (Wildman–Crippen LogP) is -0.160. The van der Waals surface area contributed by atoms with Crippen molar-refractivity contribution in [3.8, 4) is 11.8 Å². The third-order valence-electron chi connectivity index (χ3n) is 3.98. The summed E-state index contributed by atoms with van der Waals surface area (Å²) in [5.41, 5.74) is 3.92. The Morgan fingerprint density at radius 2 is 1.50 bits per heavy atom. The van der Waals surface area contributed by atoms with Crippen LogP contribution in [-0.2, 0) is 9.59 Å². The quantitative estimate of drug-likeness (QED) is 0.162. The van der Waals surface area contributed by atoms with Gasteiger partial charge < -0.3 is 21.1 Å². The van der Waals surface area contributed by atoms with Crippen LogP contribution in [0.25, 0.3) is 0 Å². The van der Waals surface area contributed by atoms with Crippen molar-refractivity contribution in [2.75, 3.05) is 25.5 Å². The smallest absolute Gasteiger partial charge is 0.275 e. The van der Waals surface area contributed by atoms with Gasteiger partial charge in [0, 0.05) is 36.0 Å². The molecule has 0 heterocycles. The summed E-state index contributed by atoms with van der Waals surface area (Å²) >= 11 is 0. The largest absolute Gasteiger partial charge is 0.395 e. The highest BCUT2D eigenvalue weighted by Crippen LogP contribution is 2.09. The molecule has 9 nitrogen and oxygen atoms in total. The van der Waals surface area contributed by atoms with Crippen LogP contribution >= 0.6 is 0 Å². The summed E-state index contributed by atoms with van der Waals surface area (Å²) in [6, 6.07) is 12.1. The van der Waals surface area contributed by atoms with E-state index < -0.39 is 23.8 Å². The van der Waals surface area contributed by atoms with Gasteiger partial charge in [-0.3, -0.25) is 19.6 Å². The Morgan fingerprint density at radius 3 is 2.00 bits per heavy atom. The third-order valence-corrected chi connectivity index (χ3v) is 3.98. The van der Waals surface area contributed by atoms with Crippen LogP contribution in [0, 0.1) is 11.8 Å². The Labute approximate surface area is 173 Å². The standard InChI is InChI=1S/C21H22N4O5/c1-22-20(28)18(21(29)25-30)24-19(27)16-8-4-14(5-9-16)2-3-15-6-10-17(11-7-15)23-12-13-26/h4-11,18,23,26,30H,12-13H2,1H3,(H,22,28)(H,24,27)(H,25,29). The van der Waals surface area contributed by atoms with E-state index in [2.05, 4.69) is 27.8 Å². The number of hydrogen-bond acceptors (Lipinski definition) is 6. The molecule has 0 aliphatic carbocycles. The number of hydroxylamine groups is 1. The molecule has 1 atom stereocenters. The lowest BCUT2D eigenvalue weighted by Gasteiger charge is -2.15. The summed E-state index contributed by atoms with van der Waals surface area (Å²) in [6.07, 6.45) is 0. The highest BCUT2D eigenvalue weighted by Gasteiger charge is 2.27. The van der Waals surface area contributed by atoms with Crippen molar-refractivity contribution < 1.29 is 24.7 Å². The molecule has 0 radical (unpaired) electrons. The summed E-state index contributed by atoms with van der Waals surface area (Å²) in [4.78, 5) is 35.5. The molecule has 0 saturated heterocycles. The fraction of sp³-hybridized carbons (Fsp3) is 0.190. The van der Waals surface area contributed by atoms with Crippen LogP contribution in [-0.4, -0.2) is 54.3 Å². The molecule has 1 unspecified atom stereocenters. The summed E-state index contributed by atoms with van der Waals surface area (Å²) in [6.45, 7) is 0.524. The van der Waals surface area contributed by atoms with Gasteiger partial charge in [-0.25, -0.2) is 5.48 Å². The Morgan fingerprint density at radius 1 is 0.933 bits per heavy atom. The molecule has 2 aromatic carbocycles. The molecule has 0 bridgehead atoms. The lowest BCUT2D eigenvalue weighted by atomic mass is 10.1. The van der Waals surface area contributed by atoms with Gasteiger partial charge in [0.25, 0.3) is 17.7 Å². The zero-order valence-corrected chi connectivity index (χ0v) is 16.2. The molecule has 2 rings (SSSR count). The number of amides is 3. The number of nitrogens with one attached hydrogen (secondary N) is 4. The number of carbonyl (C=O) groups excluding carboxylic acids is 3. The van der Waals surface area contributed by atoms with Crippen LogP contribution in [0.2, 0.25) is 0 Å². The van der Waals surface area contributed by atoms with Gasteiger partial charge in [-0.05, 0) is 48.5 Å². The molecular formula is C21H22N4O5. The van der Waals surface area contributed by atoms with Crippen molar-refractivity contribution in [3.05, 3.63) is 65.2 Å². The van der Waals surface area contributed by atoms with Gasteiger partial charge >= 0.3 is 0 Å². The number of carbonyl (C=O) groups is 3. The Bertz CT molecular complexity index is 930. The minimum absolute atomic E-state index is 0.0522. The molecule has 0 aliphatic rings. The van der Waals surface area contributed by atoms with E-state index in [4.69, 9.17) is 10.3 Å². The monoisotopic (exact) mass is 410 g/mol. The second kappa shape index (κ2) is 11.2. The molecule has 9 heteroatoms. The van der Waals surface area contributed by atoms with Gasteiger partial charge in [0.05, 0.1) is 6.61 Å². The second-order valence-corrected chi connectivity index (χ2v) is 6.05. The number of hydrogen-bond donors (Lipinski definition) is 6. The average molecular weight is 410 g/mol. The van der Waals surface area contributed by atoms with Crippen LogP contribution < -0.4 is 21.4 Å². The van der Waals surface area contributed by atoms with E-state index in [0.29, 0.717) is 12.1 Å². The van der Waals surface area contributed by atoms with Gasteiger partial charge in [0.1, 0.15) is 0 Å². The molecule has 30 heavy (non-hydrogen) atoms. The minimum atomic E-state index is -1.57. The topological polar surface area (TPSA) is 140 Å². The number of anilines is 1. The molecule has 0 spiro atoms. The maximum atomic E-state index is 12.3. The lowest BCUT2D eigenvalue weighted by molar-refractivity contribution is -0.137. The van der Waals surface area contributed by atoms with Crippen LogP contribution in [0.3, 0.4) is 0 Å². The first-order valence-corrected chi connectivity index (χ1v) is 9.01. The highest BCUT2D eigenvalue weighted by molar-refractivity contribution is 6.08. The van der Waals surface area contributed by atoms with Crippen LogP contribution in [0.4, 0.5) is 5.69 Å². The van der Waals surface area contributed by atoms with E-state index in [0.717, 1.165) is 11.3 Å². The molecule has 2 aromatic rings. The number of likely N-dealkylation sites (N-methyl/N-ethyl adjacent to an activating group) is 1. The third kappa shape index (κ3) is 6.34. The van der Waals surface area contributed by atoms with E-state index in [1.165, 1.54) is 24.7 Å². The van der Waals surface area contributed by atoms with E-state index >= 15 is 0 Å². The first-order chi connectivity index (χ1) is 14.5. The maximum absolute atomic E-state index is 12.3. The van der Waals surface area contributed by atoms with Crippen molar-refractivity contribution >= 4 is 23.4 Å². The Hall–Kier alpha value is -3.87. The normalized spacial score (nSPS) is 10.8. The lowest BCUT2D eigenvalue weighted by Crippen LogP contribution is -2.54. The minimum Gasteiger partial charge on any atom is -0.395 e. The maximum Gasteiger partial charge on any atom is 0.275 e. The van der Waals surface area contributed by atoms with E-state index in [1.807, 2.05) is 24.3 Å². The van der Waals surface area contributed by atoms with Gasteiger partial charge in [0.2, 0.25) is 0 Å². The summed E-state index contributed by atoms with van der Waals surface area (Å²) in [7, 11) is 1.30. The molecule has 3 amide bonds. The molecule has 0 aromatic heterocycles. The molecule has 0 fully saturated rings. The van der Waals surface area contributed by atoms with Crippen molar-refractivity contribution in [1.29, 1.82) is 0 Å².